The number of benzene rings is 3. The van der Waals surface area contributed by atoms with Crippen LogP contribution < -0.4 is 16.0 Å². The third-order valence-electron chi connectivity index (χ3n) is 6.46. The van der Waals surface area contributed by atoms with Crippen LogP contribution in [0, 0.1) is 17.6 Å². The van der Waals surface area contributed by atoms with E-state index in [4.69, 9.17) is 69.6 Å². The van der Waals surface area contributed by atoms with Gasteiger partial charge in [0.1, 0.15) is 21.6 Å². The highest BCUT2D eigenvalue weighted by atomic mass is 35.5. The van der Waals surface area contributed by atoms with Crippen LogP contribution in [0.1, 0.15) is 21.8 Å². The van der Waals surface area contributed by atoms with E-state index < -0.39 is 78.0 Å². The molecule has 3 amide bonds. The summed E-state index contributed by atoms with van der Waals surface area (Å²) in [6.45, 7) is 0. The van der Waals surface area contributed by atoms with E-state index in [2.05, 4.69) is 5.32 Å². The number of rotatable bonds is 8. The fraction of sp³-hybridized carbons (Fsp3) is 0.192. The molecule has 1 aliphatic carbocycles. The van der Waals surface area contributed by atoms with Gasteiger partial charge in [-0.15, -0.1) is 23.2 Å². The number of anilines is 3. The summed E-state index contributed by atoms with van der Waals surface area (Å²) >= 11 is 37.0. The van der Waals surface area contributed by atoms with Gasteiger partial charge in [-0.2, -0.15) is 13.2 Å². The first-order valence-electron chi connectivity index (χ1n) is 12.2. The SMILES string of the molecule is O=C(CS(=O)(=O)C(F)(F)F)Nc1c(F)ccc(NC(=O)c2cc(NC(=O)[C@H]3[C@H](c4cc(Cl)c(Cl)c(Cl)c4)C3(Cl)Cl)ccc2Cl)c1F. The predicted octanol–water partition coefficient (Wildman–Crippen LogP) is 8.23. The summed E-state index contributed by atoms with van der Waals surface area (Å²) in [5.74, 6) is -10.7. The van der Waals surface area contributed by atoms with Gasteiger partial charge < -0.3 is 16.0 Å². The van der Waals surface area contributed by atoms with E-state index in [9.17, 15) is 40.4 Å². The van der Waals surface area contributed by atoms with Crippen molar-refractivity contribution in [2.45, 2.75) is 15.8 Å². The lowest BCUT2D eigenvalue weighted by atomic mass is 10.1. The van der Waals surface area contributed by atoms with Crippen LogP contribution in [0.4, 0.5) is 39.0 Å². The molecular weight excluding hydrogens is 774 g/mol. The van der Waals surface area contributed by atoms with Crippen molar-refractivity contribution in [3.8, 4) is 0 Å². The van der Waals surface area contributed by atoms with E-state index in [0.29, 0.717) is 17.7 Å². The molecule has 2 atom stereocenters. The third-order valence-corrected chi connectivity index (χ3v) is 10.3. The molecule has 0 radical (unpaired) electrons. The van der Waals surface area contributed by atoms with Gasteiger partial charge in [-0.25, -0.2) is 17.2 Å². The fourth-order valence-corrected chi connectivity index (χ4v) is 6.43. The van der Waals surface area contributed by atoms with E-state index in [1.807, 2.05) is 5.32 Å². The van der Waals surface area contributed by atoms with Crippen molar-refractivity contribution in [3.05, 3.63) is 85.3 Å². The molecule has 3 N–H and O–H groups in total. The average molecular weight is 788 g/mol. The van der Waals surface area contributed by atoms with Crippen molar-refractivity contribution < 1.29 is 44.8 Å². The summed E-state index contributed by atoms with van der Waals surface area (Å²) < 4.78 is 87.8. The molecule has 246 valence electrons. The fourth-order valence-electron chi connectivity index (χ4n) is 4.20. The second-order valence-electron chi connectivity index (χ2n) is 9.60. The molecule has 3 aromatic carbocycles. The molecule has 0 aliphatic heterocycles. The molecule has 46 heavy (non-hydrogen) atoms. The predicted molar refractivity (Wildman–Crippen MR) is 165 cm³/mol. The average Bonchev–Trinajstić information content (AvgIpc) is 3.52. The third kappa shape index (κ3) is 7.43. The maximum absolute atomic E-state index is 15.0. The molecule has 3 aromatic rings. The Morgan fingerprint density at radius 3 is 2.04 bits per heavy atom. The number of carbonyl (C=O) groups is 3. The number of hydrogen-bond acceptors (Lipinski definition) is 5. The summed E-state index contributed by atoms with van der Waals surface area (Å²) in [5, 5.41) is 6.10. The van der Waals surface area contributed by atoms with E-state index in [1.54, 1.807) is 0 Å². The quantitative estimate of drug-likeness (QED) is 0.121. The zero-order chi connectivity index (χ0) is 34.5. The van der Waals surface area contributed by atoms with Crippen LogP contribution in [0.2, 0.25) is 20.1 Å². The van der Waals surface area contributed by atoms with Gasteiger partial charge in [0, 0.05) is 11.6 Å². The van der Waals surface area contributed by atoms with Gasteiger partial charge in [0.25, 0.3) is 15.7 Å². The first-order valence-corrected chi connectivity index (χ1v) is 16.1. The Labute approximate surface area is 286 Å². The molecule has 8 nitrogen and oxygen atoms in total. The molecule has 0 aromatic heterocycles. The summed E-state index contributed by atoms with van der Waals surface area (Å²) in [6.07, 6.45) is 0. The van der Waals surface area contributed by atoms with Gasteiger partial charge >= 0.3 is 5.51 Å². The van der Waals surface area contributed by atoms with Crippen molar-refractivity contribution in [2.75, 3.05) is 21.7 Å². The molecule has 20 heteroatoms. The summed E-state index contributed by atoms with van der Waals surface area (Å²) in [7, 11) is -5.96. The zero-order valence-corrected chi connectivity index (χ0v) is 27.4. The van der Waals surface area contributed by atoms with Crippen molar-refractivity contribution in [3.63, 3.8) is 0 Å². The van der Waals surface area contributed by atoms with Gasteiger partial charge in [-0.1, -0.05) is 46.4 Å². The van der Waals surface area contributed by atoms with E-state index in [0.717, 1.165) is 6.07 Å². The number of sulfone groups is 1. The summed E-state index contributed by atoms with van der Waals surface area (Å²) in [4.78, 5) is 37.9. The van der Waals surface area contributed by atoms with Gasteiger partial charge in [-0.05, 0) is 48.0 Å². The van der Waals surface area contributed by atoms with E-state index >= 15 is 4.39 Å². The minimum atomic E-state index is -5.96. The van der Waals surface area contributed by atoms with E-state index in [-0.39, 0.29) is 31.3 Å². The van der Waals surface area contributed by atoms with Crippen LogP contribution in [0.15, 0.2) is 42.5 Å². The Balaban J connectivity index is 1.51. The summed E-state index contributed by atoms with van der Waals surface area (Å²) in [6, 6.07) is 7.78. The van der Waals surface area contributed by atoms with Gasteiger partial charge in [-0.3, -0.25) is 14.4 Å². The number of carbonyl (C=O) groups excluding carboxylic acids is 3. The number of nitrogens with one attached hydrogen (secondary N) is 3. The molecule has 0 heterocycles. The Morgan fingerprint density at radius 1 is 0.848 bits per heavy atom. The molecule has 1 fully saturated rings. The van der Waals surface area contributed by atoms with Crippen LogP contribution in [-0.2, 0) is 19.4 Å². The minimum Gasteiger partial charge on any atom is -0.326 e. The smallest absolute Gasteiger partial charge is 0.326 e. The number of hydrogen-bond donors (Lipinski definition) is 3. The first kappa shape index (κ1) is 36.2. The largest absolute Gasteiger partial charge is 0.497 e. The Morgan fingerprint density at radius 2 is 1.46 bits per heavy atom. The number of amides is 3. The van der Waals surface area contributed by atoms with Crippen molar-refractivity contribution in [1.29, 1.82) is 0 Å². The van der Waals surface area contributed by atoms with Crippen LogP contribution in [0.5, 0.6) is 0 Å². The molecule has 0 spiro atoms. The van der Waals surface area contributed by atoms with Gasteiger partial charge in [0.15, 0.2) is 5.82 Å². The zero-order valence-electron chi connectivity index (χ0n) is 22.0. The highest BCUT2D eigenvalue weighted by Crippen LogP contribution is 2.65. The molecular formula is C26H14Cl6F5N3O5S. The molecule has 4 rings (SSSR count). The lowest BCUT2D eigenvalue weighted by Gasteiger charge is -2.14. The summed E-state index contributed by atoms with van der Waals surface area (Å²) in [5.41, 5.74) is -7.79. The molecule has 1 saturated carbocycles. The Kier molecular flexibility index (Phi) is 10.4. The normalized spacial score (nSPS) is 17.3. The maximum Gasteiger partial charge on any atom is 0.497 e. The molecule has 0 saturated heterocycles. The van der Waals surface area contributed by atoms with Gasteiger partial charge in [0.2, 0.25) is 11.8 Å². The molecule has 0 unspecified atom stereocenters. The van der Waals surface area contributed by atoms with Crippen LogP contribution >= 0.6 is 69.6 Å². The van der Waals surface area contributed by atoms with Crippen LogP contribution in [0.3, 0.4) is 0 Å². The maximum atomic E-state index is 15.0. The van der Waals surface area contributed by atoms with Crippen LogP contribution in [0.25, 0.3) is 0 Å². The first-order chi connectivity index (χ1) is 21.2. The monoisotopic (exact) mass is 785 g/mol. The van der Waals surface area contributed by atoms with Crippen molar-refractivity contribution >= 4 is 114 Å². The standard InChI is InChI=1S/C26H14Cl6F5N3O5S/c27-12-2-1-10(38-24(43)19-18(25(19,31)32)9-5-13(28)20(30)14(29)6-9)7-11(12)23(42)39-16-4-3-15(33)22(21(16)34)40-17(41)8-46(44,45)26(35,36)37/h1-7,18-19H,8H2,(H,38,43)(H,39,42)(H,40,41)/t18-,19+/m0/s1. The highest BCUT2D eigenvalue weighted by Gasteiger charge is 2.67. The van der Waals surface area contributed by atoms with Crippen LogP contribution in [-0.4, -0.2) is 41.7 Å². The number of alkyl halides is 5. The second-order valence-corrected chi connectivity index (χ2v) is 14.6. The van der Waals surface area contributed by atoms with Crippen molar-refractivity contribution in [1.82, 2.24) is 0 Å². The highest BCUT2D eigenvalue weighted by molar-refractivity contribution is 7.92. The lowest BCUT2D eigenvalue weighted by Crippen LogP contribution is -2.33. The molecule has 1 aliphatic rings. The Hall–Kier alpha value is -2.59. The van der Waals surface area contributed by atoms with Gasteiger partial charge in [0.05, 0.1) is 37.3 Å². The number of halogens is 11. The topological polar surface area (TPSA) is 121 Å². The second kappa shape index (κ2) is 13.1. The Bertz CT molecular complexity index is 1870. The molecule has 0 bridgehead atoms. The van der Waals surface area contributed by atoms with Crippen molar-refractivity contribution in [2.24, 2.45) is 5.92 Å². The lowest BCUT2D eigenvalue weighted by molar-refractivity contribution is -0.117. The minimum absolute atomic E-state index is 0.0138. The van der Waals surface area contributed by atoms with E-state index in [1.165, 1.54) is 29.6 Å².